The van der Waals surface area contributed by atoms with Crippen LogP contribution in [0, 0.1) is 6.92 Å². The Kier molecular flexibility index (Phi) is 3.94. The van der Waals surface area contributed by atoms with E-state index >= 15 is 0 Å². The van der Waals surface area contributed by atoms with Gasteiger partial charge in [0.2, 0.25) is 0 Å². The van der Waals surface area contributed by atoms with Crippen molar-refractivity contribution in [2.24, 2.45) is 0 Å². The second-order valence-electron chi connectivity index (χ2n) is 3.87. The number of anilines is 1. The lowest BCUT2D eigenvalue weighted by molar-refractivity contribution is 0.307. The number of hydrogen-bond acceptors (Lipinski definition) is 3. The van der Waals surface area contributed by atoms with Gasteiger partial charge in [-0.3, -0.25) is 0 Å². The first-order valence-electron chi connectivity index (χ1n) is 5.36. The Bertz CT molecular complexity index is 573. The van der Waals surface area contributed by atoms with Crippen LogP contribution >= 0.6 is 23.2 Å². The van der Waals surface area contributed by atoms with E-state index in [-0.39, 0.29) is 0 Å². The average molecular weight is 283 g/mol. The van der Waals surface area contributed by atoms with E-state index in [9.17, 15) is 0 Å². The van der Waals surface area contributed by atoms with Crippen LogP contribution in [0.5, 0.6) is 5.75 Å². The molecule has 0 atom stereocenters. The minimum atomic E-state index is 0.367. The number of aromatic nitrogens is 1. The number of nitrogens with two attached hydrogens (primary N) is 1. The van der Waals surface area contributed by atoms with E-state index in [2.05, 4.69) is 4.98 Å². The van der Waals surface area contributed by atoms with Gasteiger partial charge in [0.1, 0.15) is 6.61 Å². The molecule has 0 spiro atoms. The van der Waals surface area contributed by atoms with Gasteiger partial charge < -0.3 is 10.5 Å². The van der Waals surface area contributed by atoms with Gasteiger partial charge in [0, 0.05) is 5.69 Å². The third-order valence-corrected chi connectivity index (χ3v) is 3.14. The minimum Gasteiger partial charge on any atom is -0.485 e. The van der Waals surface area contributed by atoms with Crippen molar-refractivity contribution in [3.63, 3.8) is 0 Å². The standard InChI is InChI=1S/C13H12Cl2N2O/c1-8-2-5-12(13(16)17-8)18-7-9-3-4-10(14)11(15)6-9/h2-6H,7H2,1H3,(H2,16,17). The summed E-state index contributed by atoms with van der Waals surface area (Å²) in [6.45, 7) is 2.24. The van der Waals surface area contributed by atoms with Crippen molar-refractivity contribution < 1.29 is 4.74 Å². The molecule has 1 aromatic carbocycles. The molecule has 1 heterocycles. The Morgan fingerprint density at radius 1 is 1.17 bits per heavy atom. The van der Waals surface area contributed by atoms with Crippen LogP contribution < -0.4 is 10.5 Å². The summed E-state index contributed by atoms with van der Waals surface area (Å²) >= 11 is 11.8. The van der Waals surface area contributed by atoms with E-state index in [1.54, 1.807) is 18.2 Å². The lowest BCUT2D eigenvalue weighted by Crippen LogP contribution is -2.01. The van der Waals surface area contributed by atoms with Crippen molar-refractivity contribution >= 4 is 29.0 Å². The first-order chi connectivity index (χ1) is 8.56. The minimum absolute atomic E-state index is 0.367. The number of ether oxygens (including phenoxy) is 1. The SMILES string of the molecule is Cc1ccc(OCc2ccc(Cl)c(Cl)c2)c(N)n1. The smallest absolute Gasteiger partial charge is 0.166 e. The van der Waals surface area contributed by atoms with Gasteiger partial charge in [-0.15, -0.1) is 0 Å². The number of aryl methyl sites for hydroxylation is 1. The number of halogens is 2. The van der Waals surface area contributed by atoms with Crippen LogP contribution in [-0.2, 0) is 6.61 Å². The monoisotopic (exact) mass is 282 g/mol. The molecule has 94 valence electrons. The van der Waals surface area contributed by atoms with Crippen LogP contribution in [-0.4, -0.2) is 4.98 Å². The Balaban J connectivity index is 2.09. The van der Waals surface area contributed by atoms with E-state index in [0.717, 1.165) is 11.3 Å². The molecule has 2 N–H and O–H groups in total. The zero-order valence-electron chi connectivity index (χ0n) is 9.78. The molecule has 18 heavy (non-hydrogen) atoms. The number of pyridine rings is 1. The highest BCUT2D eigenvalue weighted by molar-refractivity contribution is 6.42. The number of benzene rings is 1. The topological polar surface area (TPSA) is 48.1 Å². The predicted octanol–water partition coefficient (Wildman–Crippen LogP) is 3.86. The van der Waals surface area contributed by atoms with E-state index in [4.69, 9.17) is 33.7 Å². The second kappa shape index (κ2) is 5.46. The largest absolute Gasteiger partial charge is 0.485 e. The predicted molar refractivity (Wildman–Crippen MR) is 74.2 cm³/mol. The molecule has 0 radical (unpaired) electrons. The summed E-state index contributed by atoms with van der Waals surface area (Å²) < 4.78 is 5.58. The summed E-state index contributed by atoms with van der Waals surface area (Å²) in [4.78, 5) is 4.12. The Hall–Kier alpha value is -1.45. The Morgan fingerprint density at radius 2 is 1.94 bits per heavy atom. The molecule has 0 unspecified atom stereocenters. The van der Waals surface area contributed by atoms with Gasteiger partial charge in [-0.1, -0.05) is 29.3 Å². The van der Waals surface area contributed by atoms with Crippen LogP contribution in [0.2, 0.25) is 10.0 Å². The summed E-state index contributed by atoms with van der Waals surface area (Å²) in [6, 6.07) is 9.00. The van der Waals surface area contributed by atoms with Gasteiger partial charge in [-0.25, -0.2) is 4.98 Å². The molecular formula is C13H12Cl2N2O. The van der Waals surface area contributed by atoms with Gasteiger partial charge in [-0.2, -0.15) is 0 Å². The van der Waals surface area contributed by atoms with E-state index in [1.165, 1.54) is 0 Å². The molecule has 0 aliphatic carbocycles. The summed E-state index contributed by atoms with van der Waals surface area (Å²) in [6.07, 6.45) is 0. The molecule has 0 saturated heterocycles. The van der Waals surface area contributed by atoms with Crippen LogP contribution in [0.3, 0.4) is 0 Å². The maximum Gasteiger partial charge on any atom is 0.166 e. The molecule has 0 aliphatic heterocycles. The molecule has 3 nitrogen and oxygen atoms in total. The van der Waals surface area contributed by atoms with E-state index < -0.39 is 0 Å². The molecule has 2 rings (SSSR count). The van der Waals surface area contributed by atoms with Crippen LogP contribution in [0.25, 0.3) is 0 Å². The molecular weight excluding hydrogens is 271 g/mol. The highest BCUT2D eigenvalue weighted by Gasteiger charge is 2.04. The zero-order chi connectivity index (χ0) is 13.1. The summed E-state index contributed by atoms with van der Waals surface area (Å²) in [5.74, 6) is 0.946. The van der Waals surface area contributed by atoms with Crippen molar-refractivity contribution in [3.05, 3.63) is 51.6 Å². The molecule has 5 heteroatoms. The lowest BCUT2D eigenvalue weighted by Gasteiger charge is -2.09. The first kappa shape index (κ1) is 13.0. The van der Waals surface area contributed by atoms with Crippen LogP contribution in [0.4, 0.5) is 5.82 Å². The fourth-order valence-electron chi connectivity index (χ4n) is 1.48. The van der Waals surface area contributed by atoms with E-state index in [0.29, 0.717) is 28.2 Å². The molecule has 0 saturated carbocycles. The van der Waals surface area contributed by atoms with Crippen molar-refractivity contribution in [1.82, 2.24) is 4.98 Å². The Labute approximate surface area is 115 Å². The second-order valence-corrected chi connectivity index (χ2v) is 4.69. The number of hydrogen-bond donors (Lipinski definition) is 1. The summed E-state index contributed by atoms with van der Waals surface area (Å²) in [7, 11) is 0. The number of rotatable bonds is 3. The zero-order valence-corrected chi connectivity index (χ0v) is 11.3. The third kappa shape index (κ3) is 3.06. The van der Waals surface area contributed by atoms with Crippen molar-refractivity contribution in [2.75, 3.05) is 5.73 Å². The molecule has 0 bridgehead atoms. The maximum absolute atomic E-state index is 5.92. The highest BCUT2D eigenvalue weighted by atomic mass is 35.5. The molecule has 0 amide bonds. The Morgan fingerprint density at radius 3 is 2.61 bits per heavy atom. The normalized spacial score (nSPS) is 10.4. The van der Waals surface area contributed by atoms with Gasteiger partial charge in [0.15, 0.2) is 11.6 Å². The van der Waals surface area contributed by atoms with Gasteiger partial charge in [0.05, 0.1) is 10.0 Å². The van der Waals surface area contributed by atoms with Gasteiger partial charge in [0.25, 0.3) is 0 Å². The maximum atomic E-state index is 5.92. The van der Waals surface area contributed by atoms with Crippen molar-refractivity contribution in [2.45, 2.75) is 13.5 Å². The number of nitrogen functional groups attached to an aromatic ring is 1. The molecule has 1 aromatic heterocycles. The summed E-state index contributed by atoms with van der Waals surface area (Å²) in [5.41, 5.74) is 7.53. The number of nitrogens with zero attached hydrogens (tertiary/aromatic N) is 1. The van der Waals surface area contributed by atoms with Crippen LogP contribution in [0.15, 0.2) is 30.3 Å². The van der Waals surface area contributed by atoms with E-state index in [1.807, 2.05) is 19.1 Å². The first-order valence-corrected chi connectivity index (χ1v) is 6.11. The summed E-state index contributed by atoms with van der Waals surface area (Å²) in [5, 5.41) is 1.03. The molecule has 0 aliphatic rings. The van der Waals surface area contributed by atoms with Gasteiger partial charge in [-0.05, 0) is 36.8 Å². The third-order valence-electron chi connectivity index (χ3n) is 2.40. The van der Waals surface area contributed by atoms with Crippen LogP contribution in [0.1, 0.15) is 11.3 Å². The van der Waals surface area contributed by atoms with Gasteiger partial charge >= 0.3 is 0 Å². The quantitative estimate of drug-likeness (QED) is 0.930. The van der Waals surface area contributed by atoms with Crippen molar-refractivity contribution in [1.29, 1.82) is 0 Å². The molecule has 2 aromatic rings. The fraction of sp³-hybridized carbons (Fsp3) is 0.154. The fourth-order valence-corrected chi connectivity index (χ4v) is 1.80. The lowest BCUT2D eigenvalue weighted by atomic mass is 10.2. The molecule has 0 fully saturated rings. The average Bonchev–Trinajstić information content (AvgIpc) is 2.32. The van der Waals surface area contributed by atoms with Crippen molar-refractivity contribution in [3.8, 4) is 5.75 Å². The highest BCUT2D eigenvalue weighted by Crippen LogP contribution is 2.24.